The van der Waals surface area contributed by atoms with Crippen LogP contribution in [0.5, 0.6) is 5.75 Å². The zero-order valence-corrected chi connectivity index (χ0v) is 12.0. The van der Waals surface area contributed by atoms with Crippen molar-refractivity contribution in [2.45, 2.75) is 33.7 Å². The van der Waals surface area contributed by atoms with E-state index < -0.39 is 0 Å². The number of aryl methyl sites for hydroxylation is 2. The molecular formula is C15H25NO2. The van der Waals surface area contributed by atoms with Gasteiger partial charge in [0.2, 0.25) is 0 Å². The van der Waals surface area contributed by atoms with Gasteiger partial charge in [0.25, 0.3) is 0 Å². The molecule has 0 aromatic heterocycles. The maximum Gasteiger partial charge on any atom is 0.125 e. The van der Waals surface area contributed by atoms with E-state index in [-0.39, 0.29) is 0 Å². The molecule has 0 fully saturated rings. The summed E-state index contributed by atoms with van der Waals surface area (Å²) in [6, 6.07) is 6.54. The highest BCUT2D eigenvalue weighted by Gasteiger charge is 2.06. The molecule has 3 nitrogen and oxygen atoms in total. The van der Waals surface area contributed by atoms with Gasteiger partial charge >= 0.3 is 0 Å². The predicted octanol–water partition coefficient (Wildman–Crippen LogP) is 2.70. The Hall–Kier alpha value is -1.06. The smallest absolute Gasteiger partial charge is 0.125 e. The van der Waals surface area contributed by atoms with E-state index in [4.69, 9.17) is 9.47 Å². The van der Waals surface area contributed by atoms with E-state index in [0.29, 0.717) is 12.6 Å². The average Bonchev–Trinajstić information content (AvgIpc) is 2.34. The fraction of sp³-hybridized carbons (Fsp3) is 0.600. The lowest BCUT2D eigenvalue weighted by atomic mass is 10.1. The number of hydrogen-bond donors (Lipinski definition) is 1. The van der Waals surface area contributed by atoms with Crippen molar-refractivity contribution >= 4 is 0 Å². The van der Waals surface area contributed by atoms with Crippen LogP contribution in [0.3, 0.4) is 0 Å². The van der Waals surface area contributed by atoms with E-state index >= 15 is 0 Å². The second kappa shape index (κ2) is 8.11. The SMILES string of the molecule is CCOCCNC(C)COc1c(C)cccc1C. The summed E-state index contributed by atoms with van der Waals surface area (Å²) in [6.07, 6.45) is 0. The van der Waals surface area contributed by atoms with E-state index in [0.717, 1.165) is 25.5 Å². The highest BCUT2D eigenvalue weighted by Crippen LogP contribution is 2.22. The molecule has 0 aliphatic rings. The molecule has 1 aromatic carbocycles. The summed E-state index contributed by atoms with van der Waals surface area (Å²) in [4.78, 5) is 0. The van der Waals surface area contributed by atoms with Crippen LogP contribution in [-0.2, 0) is 4.74 Å². The minimum atomic E-state index is 0.324. The molecule has 1 unspecified atom stereocenters. The van der Waals surface area contributed by atoms with Gasteiger partial charge in [-0.05, 0) is 38.8 Å². The van der Waals surface area contributed by atoms with Crippen molar-refractivity contribution in [3.05, 3.63) is 29.3 Å². The van der Waals surface area contributed by atoms with Crippen molar-refractivity contribution in [3.8, 4) is 5.75 Å². The van der Waals surface area contributed by atoms with Gasteiger partial charge in [0, 0.05) is 19.2 Å². The number of para-hydroxylation sites is 1. The molecule has 0 radical (unpaired) electrons. The first-order chi connectivity index (χ1) is 8.65. The van der Waals surface area contributed by atoms with Gasteiger partial charge in [-0.25, -0.2) is 0 Å². The van der Waals surface area contributed by atoms with Crippen LogP contribution >= 0.6 is 0 Å². The Bertz CT molecular complexity index is 332. The van der Waals surface area contributed by atoms with Crippen LogP contribution in [0.15, 0.2) is 18.2 Å². The van der Waals surface area contributed by atoms with Gasteiger partial charge in [-0.3, -0.25) is 0 Å². The quantitative estimate of drug-likeness (QED) is 0.721. The van der Waals surface area contributed by atoms with Crippen LogP contribution in [-0.4, -0.2) is 32.4 Å². The molecule has 18 heavy (non-hydrogen) atoms. The summed E-state index contributed by atoms with van der Waals surface area (Å²) in [7, 11) is 0. The number of rotatable bonds is 8. The minimum Gasteiger partial charge on any atom is -0.491 e. The van der Waals surface area contributed by atoms with Crippen molar-refractivity contribution < 1.29 is 9.47 Å². The van der Waals surface area contributed by atoms with Gasteiger partial charge in [0.1, 0.15) is 12.4 Å². The molecule has 0 amide bonds. The third-order valence-electron chi connectivity index (χ3n) is 2.83. The topological polar surface area (TPSA) is 30.5 Å². The number of ether oxygens (including phenoxy) is 2. The summed E-state index contributed by atoms with van der Waals surface area (Å²) < 4.78 is 11.2. The third-order valence-corrected chi connectivity index (χ3v) is 2.83. The molecule has 1 N–H and O–H groups in total. The van der Waals surface area contributed by atoms with E-state index in [1.54, 1.807) is 0 Å². The van der Waals surface area contributed by atoms with Crippen LogP contribution in [0.25, 0.3) is 0 Å². The molecular weight excluding hydrogens is 226 g/mol. The van der Waals surface area contributed by atoms with Gasteiger partial charge < -0.3 is 14.8 Å². The highest BCUT2D eigenvalue weighted by atomic mass is 16.5. The van der Waals surface area contributed by atoms with Crippen LogP contribution in [0.4, 0.5) is 0 Å². The Morgan fingerprint density at radius 3 is 2.50 bits per heavy atom. The predicted molar refractivity (Wildman–Crippen MR) is 75.4 cm³/mol. The number of nitrogens with one attached hydrogen (secondary N) is 1. The summed E-state index contributed by atoms with van der Waals surface area (Å²) in [5, 5.41) is 3.38. The van der Waals surface area contributed by atoms with Crippen LogP contribution in [0.2, 0.25) is 0 Å². The molecule has 102 valence electrons. The molecule has 1 aromatic rings. The fourth-order valence-corrected chi connectivity index (χ4v) is 1.82. The molecule has 0 saturated heterocycles. The van der Waals surface area contributed by atoms with Crippen LogP contribution < -0.4 is 10.1 Å². The Morgan fingerprint density at radius 1 is 1.22 bits per heavy atom. The van der Waals surface area contributed by atoms with Crippen LogP contribution in [0, 0.1) is 13.8 Å². The second-order valence-corrected chi connectivity index (χ2v) is 4.58. The molecule has 0 spiro atoms. The Balaban J connectivity index is 2.31. The molecule has 0 heterocycles. The fourth-order valence-electron chi connectivity index (χ4n) is 1.82. The largest absolute Gasteiger partial charge is 0.491 e. The number of benzene rings is 1. The molecule has 3 heteroatoms. The Morgan fingerprint density at radius 2 is 1.89 bits per heavy atom. The maximum atomic E-state index is 5.88. The first-order valence-corrected chi connectivity index (χ1v) is 6.65. The van der Waals surface area contributed by atoms with E-state index in [1.165, 1.54) is 11.1 Å². The van der Waals surface area contributed by atoms with Crippen molar-refractivity contribution in [3.63, 3.8) is 0 Å². The minimum absolute atomic E-state index is 0.324. The van der Waals surface area contributed by atoms with Gasteiger partial charge in [-0.2, -0.15) is 0 Å². The van der Waals surface area contributed by atoms with E-state index in [9.17, 15) is 0 Å². The summed E-state index contributed by atoms with van der Waals surface area (Å²) >= 11 is 0. The van der Waals surface area contributed by atoms with Crippen molar-refractivity contribution in [2.75, 3.05) is 26.4 Å². The van der Waals surface area contributed by atoms with E-state index in [1.807, 2.05) is 6.92 Å². The Kier molecular flexibility index (Phi) is 6.76. The van der Waals surface area contributed by atoms with Gasteiger partial charge in [0.15, 0.2) is 0 Å². The lowest BCUT2D eigenvalue weighted by Crippen LogP contribution is -2.34. The normalized spacial score (nSPS) is 12.4. The summed E-state index contributed by atoms with van der Waals surface area (Å²) in [6.45, 7) is 11.4. The van der Waals surface area contributed by atoms with Crippen molar-refractivity contribution in [2.24, 2.45) is 0 Å². The third kappa shape index (κ3) is 5.07. The maximum absolute atomic E-state index is 5.88. The van der Waals surface area contributed by atoms with Gasteiger partial charge in [-0.15, -0.1) is 0 Å². The molecule has 1 rings (SSSR count). The number of hydrogen-bond acceptors (Lipinski definition) is 3. The zero-order valence-electron chi connectivity index (χ0n) is 12.0. The van der Waals surface area contributed by atoms with Crippen molar-refractivity contribution in [1.82, 2.24) is 5.32 Å². The summed E-state index contributed by atoms with van der Waals surface area (Å²) in [5.41, 5.74) is 2.38. The molecule has 0 aliphatic carbocycles. The summed E-state index contributed by atoms with van der Waals surface area (Å²) in [5.74, 6) is 1.01. The standard InChI is InChI=1S/C15H25NO2/c1-5-17-10-9-16-14(4)11-18-15-12(2)7-6-8-13(15)3/h6-8,14,16H,5,9-11H2,1-4H3. The van der Waals surface area contributed by atoms with Gasteiger partial charge in [-0.1, -0.05) is 18.2 Å². The second-order valence-electron chi connectivity index (χ2n) is 4.58. The molecule has 0 saturated carbocycles. The Labute approximate surface area is 110 Å². The molecule has 0 bridgehead atoms. The zero-order chi connectivity index (χ0) is 13.4. The van der Waals surface area contributed by atoms with Gasteiger partial charge in [0.05, 0.1) is 6.61 Å². The first-order valence-electron chi connectivity index (χ1n) is 6.65. The van der Waals surface area contributed by atoms with E-state index in [2.05, 4.69) is 44.3 Å². The molecule has 0 aliphatic heterocycles. The van der Waals surface area contributed by atoms with Crippen molar-refractivity contribution in [1.29, 1.82) is 0 Å². The molecule has 1 atom stereocenters. The average molecular weight is 251 g/mol. The highest BCUT2D eigenvalue weighted by molar-refractivity contribution is 5.39. The monoisotopic (exact) mass is 251 g/mol. The lowest BCUT2D eigenvalue weighted by molar-refractivity contribution is 0.144. The first kappa shape index (κ1) is 15.0. The van der Waals surface area contributed by atoms with Crippen LogP contribution in [0.1, 0.15) is 25.0 Å². The lowest BCUT2D eigenvalue weighted by Gasteiger charge is -2.17.